The third-order valence-electron chi connectivity index (χ3n) is 4.44. The van der Waals surface area contributed by atoms with E-state index in [-0.39, 0.29) is 18.5 Å². The van der Waals surface area contributed by atoms with Crippen molar-refractivity contribution in [2.45, 2.75) is 19.5 Å². The Bertz CT molecular complexity index is 940. The van der Waals surface area contributed by atoms with E-state index in [1.807, 2.05) is 37.3 Å². The number of rotatable bonds is 5. The van der Waals surface area contributed by atoms with Crippen LogP contribution in [0.25, 0.3) is 11.1 Å². The molecule has 1 aromatic heterocycles. The number of methoxy groups -OCH3 is 1. The van der Waals surface area contributed by atoms with Gasteiger partial charge in [-0.05, 0) is 36.8 Å². The number of benzene rings is 2. The highest BCUT2D eigenvalue weighted by Gasteiger charge is 2.20. The zero-order valence-electron chi connectivity index (χ0n) is 14.4. The van der Waals surface area contributed by atoms with Crippen LogP contribution in [0, 0.1) is 0 Å². The fourth-order valence-corrected chi connectivity index (χ4v) is 2.73. The molecule has 0 aliphatic rings. The van der Waals surface area contributed by atoms with Crippen molar-refractivity contribution >= 4 is 17.0 Å². The summed E-state index contributed by atoms with van der Waals surface area (Å²) < 4.78 is 11.7. The Balaban J connectivity index is 1.79. The molecule has 0 saturated heterocycles. The van der Waals surface area contributed by atoms with E-state index in [0.717, 1.165) is 11.3 Å². The number of para-hydroxylation sites is 2. The maximum absolute atomic E-state index is 12.6. The van der Waals surface area contributed by atoms with E-state index in [4.69, 9.17) is 9.15 Å². The normalized spacial score (nSPS) is 12.1. The molecule has 1 atom stereocenters. The van der Waals surface area contributed by atoms with Gasteiger partial charge in [0.1, 0.15) is 12.3 Å². The highest BCUT2D eigenvalue weighted by atomic mass is 16.5. The number of likely N-dealkylation sites (N-methyl/N-ethyl adjacent to an activating group) is 1. The van der Waals surface area contributed by atoms with Crippen LogP contribution in [0.1, 0.15) is 18.5 Å². The summed E-state index contributed by atoms with van der Waals surface area (Å²) in [6.07, 6.45) is 0. The largest absolute Gasteiger partial charge is 0.497 e. The van der Waals surface area contributed by atoms with Crippen molar-refractivity contribution in [1.29, 1.82) is 0 Å². The molecule has 6 heteroatoms. The summed E-state index contributed by atoms with van der Waals surface area (Å²) in [7, 11) is 3.34. The minimum absolute atomic E-state index is 0.0627. The van der Waals surface area contributed by atoms with Gasteiger partial charge >= 0.3 is 5.76 Å². The molecule has 25 heavy (non-hydrogen) atoms. The number of ether oxygens (including phenoxy) is 1. The number of amides is 1. The third-order valence-corrected chi connectivity index (χ3v) is 4.44. The molecule has 2 aromatic carbocycles. The van der Waals surface area contributed by atoms with Crippen molar-refractivity contribution in [2.24, 2.45) is 0 Å². The number of aromatic nitrogens is 1. The monoisotopic (exact) mass is 340 g/mol. The van der Waals surface area contributed by atoms with Crippen molar-refractivity contribution < 1.29 is 13.9 Å². The lowest BCUT2D eigenvalue weighted by atomic mass is 10.1. The van der Waals surface area contributed by atoms with Crippen LogP contribution in [0.3, 0.4) is 0 Å². The molecule has 0 fully saturated rings. The molecule has 0 aliphatic heterocycles. The van der Waals surface area contributed by atoms with Crippen LogP contribution in [0.4, 0.5) is 0 Å². The Morgan fingerprint density at radius 3 is 2.56 bits per heavy atom. The van der Waals surface area contributed by atoms with E-state index in [1.165, 1.54) is 4.57 Å². The Kier molecular flexibility index (Phi) is 4.61. The first kappa shape index (κ1) is 16.8. The second-order valence-electron chi connectivity index (χ2n) is 5.88. The Morgan fingerprint density at radius 2 is 1.88 bits per heavy atom. The molecule has 3 rings (SSSR count). The van der Waals surface area contributed by atoms with E-state index in [2.05, 4.69) is 0 Å². The van der Waals surface area contributed by atoms with Gasteiger partial charge in [-0.1, -0.05) is 24.3 Å². The number of carbonyl (C=O) groups is 1. The second-order valence-corrected chi connectivity index (χ2v) is 5.88. The van der Waals surface area contributed by atoms with Crippen LogP contribution in [0.5, 0.6) is 5.75 Å². The van der Waals surface area contributed by atoms with Crippen LogP contribution >= 0.6 is 0 Å². The van der Waals surface area contributed by atoms with Crippen LogP contribution in [-0.4, -0.2) is 29.5 Å². The number of fused-ring (bicyclic) bond motifs is 1. The standard InChI is InChI=1S/C19H20N2O4/c1-13(14-8-10-15(24-3)11-9-14)20(2)18(22)12-21-16-6-4-5-7-17(16)25-19(21)23/h4-11,13H,12H2,1-3H3. The third kappa shape index (κ3) is 3.28. The fourth-order valence-electron chi connectivity index (χ4n) is 2.73. The van der Waals surface area contributed by atoms with E-state index < -0.39 is 5.76 Å². The molecule has 0 bridgehead atoms. The van der Waals surface area contributed by atoms with Gasteiger partial charge < -0.3 is 14.1 Å². The average molecular weight is 340 g/mol. The van der Waals surface area contributed by atoms with Crippen LogP contribution in [0.2, 0.25) is 0 Å². The van der Waals surface area contributed by atoms with Crippen molar-refractivity contribution in [3.8, 4) is 5.75 Å². The van der Waals surface area contributed by atoms with Crippen LogP contribution in [-0.2, 0) is 11.3 Å². The van der Waals surface area contributed by atoms with E-state index in [9.17, 15) is 9.59 Å². The van der Waals surface area contributed by atoms with Crippen molar-refractivity contribution in [1.82, 2.24) is 9.47 Å². The van der Waals surface area contributed by atoms with E-state index in [0.29, 0.717) is 11.1 Å². The predicted molar refractivity (Wildman–Crippen MR) is 94.7 cm³/mol. The number of hydrogen-bond acceptors (Lipinski definition) is 4. The molecule has 1 unspecified atom stereocenters. The summed E-state index contributed by atoms with van der Waals surface area (Å²) in [5, 5.41) is 0. The Morgan fingerprint density at radius 1 is 1.20 bits per heavy atom. The molecule has 0 N–H and O–H groups in total. The minimum Gasteiger partial charge on any atom is -0.497 e. The van der Waals surface area contributed by atoms with Gasteiger partial charge in [-0.25, -0.2) is 4.79 Å². The Hall–Kier alpha value is -3.02. The van der Waals surface area contributed by atoms with Gasteiger partial charge in [-0.3, -0.25) is 9.36 Å². The number of oxazole rings is 1. The fraction of sp³-hybridized carbons (Fsp3) is 0.263. The zero-order valence-corrected chi connectivity index (χ0v) is 14.4. The molecular weight excluding hydrogens is 320 g/mol. The van der Waals surface area contributed by atoms with E-state index >= 15 is 0 Å². The minimum atomic E-state index is -0.528. The zero-order chi connectivity index (χ0) is 18.0. The maximum atomic E-state index is 12.6. The predicted octanol–water partition coefficient (Wildman–Crippen LogP) is 2.82. The van der Waals surface area contributed by atoms with Crippen LogP contribution < -0.4 is 10.5 Å². The smallest absolute Gasteiger partial charge is 0.420 e. The number of carbonyl (C=O) groups excluding carboxylic acids is 1. The topological polar surface area (TPSA) is 64.7 Å². The summed E-state index contributed by atoms with van der Waals surface area (Å²) in [5.74, 6) is 0.0679. The van der Waals surface area contributed by atoms with Gasteiger partial charge in [0.15, 0.2) is 5.58 Å². The molecule has 1 amide bonds. The van der Waals surface area contributed by atoms with Gasteiger partial charge in [0.2, 0.25) is 5.91 Å². The lowest BCUT2D eigenvalue weighted by molar-refractivity contribution is -0.132. The molecular formula is C19H20N2O4. The van der Waals surface area contributed by atoms with Gasteiger partial charge in [0.05, 0.1) is 18.7 Å². The molecule has 3 aromatic rings. The van der Waals surface area contributed by atoms with Gasteiger partial charge in [0.25, 0.3) is 0 Å². The highest BCUT2D eigenvalue weighted by Crippen LogP contribution is 2.22. The molecule has 6 nitrogen and oxygen atoms in total. The molecule has 0 aliphatic carbocycles. The molecule has 0 radical (unpaired) electrons. The summed E-state index contributed by atoms with van der Waals surface area (Å²) in [6.45, 7) is 1.88. The van der Waals surface area contributed by atoms with Crippen LogP contribution in [0.15, 0.2) is 57.7 Å². The molecule has 0 saturated carbocycles. The number of hydrogen-bond donors (Lipinski definition) is 0. The highest BCUT2D eigenvalue weighted by molar-refractivity contribution is 5.79. The average Bonchev–Trinajstić information content (AvgIpc) is 2.96. The Labute approximate surface area is 145 Å². The lowest BCUT2D eigenvalue weighted by Crippen LogP contribution is -2.34. The molecule has 0 spiro atoms. The van der Waals surface area contributed by atoms with Gasteiger partial charge in [-0.15, -0.1) is 0 Å². The first-order valence-corrected chi connectivity index (χ1v) is 7.99. The SMILES string of the molecule is COc1ccc(C(C)N(C)C(=O)Cn2c(=O)oc3ccccc32)cc1. The van der Waals surface area contributed by atoms with Crippen molar-refractivity contribution in [3.63, 3.8) is 0 Å². The molecule has 130 valence electrons. The summed E-state index contributed by atoms with van der Waals surface area (Å²) in [5.41, 5.74) is 2.08. The number of nitrogens with zero attached hydrogens (tertiary/aromatic N) is 2. The summed E-state index contributed by atoms with van der Waals surface area (Å²) in [6, 6.07) is 14.5. The quantitative estimate of drug-likeness (QED) is 0.716. The van der Waals surface area contributed by atoms with Gasteiger partial charge in [-0.2, -0.15) is 0 Å². The van der Waals surface area contributed by atoms with E-state index in [1.54, 1.807) is 37.3 Å². The van der Waals surface area contributed by atoms with Crippen molar-refractivity contribution in [2.75, 3.05) is 14.2 Å². The molecule has 1 heterocycles. The summed E-state index contributed by atoms with van der Waals surface area (Å²) in [4.78, 5) is 26.3. The lowest BCUT2D eigenvalue weighted by Gasteiger charge is -2.25. The first-order chi connectivity index (χ1) is 12.0. The second kappa shape index (κ2) is 6.84. The van der Waals surface area contributed by atoms with Crippen molar-refractivity contribution in [3.05, 3.63) is 64.6 Å². The van der Waals surface area contributed by atoms with Gasteiger partial charge in [0, 0.05) is 7.05 Å². The first-order valence-electron chi connectivity index (χ1n) is 7.99. The maximum Gasteiger partial charge on any atom is 0.420 e. The summed E-state index contributed by atoms with van der Waals surface area (Å²) >= 11 is 0.